The maximum absolute atomic E-state index is 9.66. The van der Waals surface area contributed by atoms with E-state index in [0.29, 0.717) is 0 Å². The Morgan fingerprint density at radius 3 is 1.12 bits per heavy atom. The van der Waals surface area contributed by atoms with E-state index in [-0.39, 0.29) is 31.2 Å². The Hall–Kier alpha value is -2.52. The lowest BCUT2D eigenvalue weighted by molar-refractivity contribution is -0.307. The van der Waals surface area contributed by atoms with Crippen molar-refractivity contribution in [1.29, 1.82) is 0 Å². The molecule has 0 fully saturated rings. The number of hydrogen-bond acceptors (Lipinski definition) is 4. The first-order valence-electron chi connectivity index (χ1n) is 4.26. The van der Waals surface area contributed by atoms with E-state index in [1.807, 2.05) is 0 Å². The van der Waals surface area contributed by atoms with Crippen molar-refractivity contribution in [2.75, 3.05) is 0 Å². The minimum absolute atomic E-state index is 0.0833. The smallest absolute Gasteiger partial charge is 0.336 e. The first kappa shape index (κ1) is 20.0. The van der Waals surface area contributed by atoms with Crippen LogP contribution in [0.15, 0.2) is 0 Å². The topological polar surface area (TPSA) is 236 Å². The molecule has 0 aliphatic rings. The number of carbonyl (C=O) groups excluding carboxylic acids is 2. The minimum atomic E-state index is -1.23. The molecule has 0 aliphatic heterocycles. The molecule has 0 saturated heterocycles. The van der Waals surface area contributed by atoms with E-state index in [0.717, 1.165) is 0 Å². The monoisotopic (exact) mass is 250 g/mol. The van der Waals surface area contributed by atoms with Crippen LogP contribution in [0.1, 0.15) is 19.3 Å². The van der Waals surface area contributed by atoms with Crippen LogP contribution in [0.5, 0.6) is 0 Å². The molecule has 0 saturated carbocycles. The number of carboxylic acids is 2. The van der Waals surface area contributed by atoms with Gasteiger partial charge in [0.15, 0.2) is 0 Å². The van der Waals surface area contributed by atoms with Gasteiger partial charge in [0.25, 0.3) is 0 Å². The molecular formula is C7H18N6O4. The first-order chi connectivity index (χ1) is 7.59. The fraction of sp³-hybridized carbons (Fsp3) is 0.429. The average Bonchev–Trinajstić information content (AvgIpc) is 1.99. The fourth-order valence-electron chi connectivity index (χ4n) is 0.377. The molecule has 0 spiro atoms. The summed E-state index contributed by atoms with van der Waals surface area (Å²) in [7, 11) is 0. The van der Waals surface area contributed by atoms with Gasteiger partial charge in [-0.25, -0.2) is 0 Å². The second-order valence-electron chi connectivity index (χ2n) is 2.60. The summed E-state index contributed by atoms with van der Waals surface area (Å²) in [5.74, 6) is -2.62. The van der Waals surface area contributed by atoms with Crippen LogP contribution < -0.4 is 44.0 Å². The Bertz CT molecular complexity index is 233. The van der Waals surface area contributed by atoms with Crippen molar-refractivity contribution in [2.24, 2.45) is 22.9 Å². The van der Waals surface area contributed by atoms with E-state index in [2.05, 4.69) is 33.8 Å². The molecule has 10 nitrogen and oxygen atoms in total. The highest BCUT2D eigenvalue weighted by atomic mass is 16.4. The van der Waals surface area contributed by atoms with Crippen LogP contribution in [0, 0.1) is 0 Å². The van der Waals surface area contributed by atoms with Gasteiger partial charge in [0.1, 0.15) is 0 Å². The highest BCUT2D eigenvalue weighted by Crippen LogP contribution is 1.90. The number of hydrogen-bond donors (Lipinski definition) is 6. The summed E-state index contributed by atoms with van der Waals surface area (Å²) in [5.41, 5.74) is 18.3. The van der Waals surface area contributed by atoms with Gasteiger partial charge in [-0.1, -0.05) is 0 Å². The van der Waals surface area contributed by atoms with Gasteiger partial charge in [-0.3, -0.25) is 33.8 Å². The third-order valence-corrected chi connectivity index (χ3v) is 0.762. The van der Waals surface area contributed by atoms with Crippen molar-refractivity contribution in [3.63, 3.8) is 0 Å². The lowest BCUT2D eigenvalue weighted by Gasteiger charge is -2.01. The van der Waals surface area contributed by atoms with Gasteiger partial charge >= 0.3 is 11.9 Å². The van der Waals surface area contributed by atoms with E-state index >= 15 is 0 Å². The van der Waals surface area contributed by atoms with E-state index < -0.39 is 11.9 Å². The van der Waals surface area contributed by atoms with Gasteiger partial charge < -0.3 is 19.8 Å². The Morgan fingerprint density at radius 1 is 0.824 bits per heavy atom. The van der Waals surface area contributed by atoms with Crippen molar-refractivity contribution in [3.8, 4) is 0 Å². The van der Waals surface area contributed by atoms with Crippen molar-refractivity contribution < 1.29 is 30.6 Å². The second kappa shape index (κ2) is 13.5. The van der Waals surface area contributed by atoms with Gasteiger partial charge in [-0.15, -0.1) is 0 Å². The van der Waals surface area contributed by atoms with Crippen molar-refractivity contribution in [3.05, 3.63) is 0 Å². The number of carbonyl (C=O) groups is 2. The zero-order valence-corrected chi connectivity index (χ0v) is 9.22. The molecule has 0 aromatic rings. The lowest BCUT2D eigenvalue weighted by Crippen LogP contribution is -2.51. The normalized spacial score (nSPS) is 7.53. The minimum Gasteiger partial charge on any atom is -0.550 e. The Kier molecular flexibility index (Phi) is 15.8. The molecular weight excluding hydrogens is 232 g/mol. The number of aliphatic carboxylic acids is 2. The van der Waals surface area contributed by atoms with Crippen LogP contribution in [-0.4, -0.2) is 23.9 Å². The number of rotatable bonds is 4. The van der Waals surface area contributed by atoms with E-state index in [1.165, 1.54) is 0 Å². The second-order valence-corrected chi connectivity index (χ2v) is 2.60. The molecule has 0 radical (unpaired) electrons. The van der Waals surface area contributed by atoms with E-state index in [9.17, 15) is 19.8 Å². The third kappa shape index (κ3) is 147. The first-order valence-corrected chi connectivity index (χ1v) is 4.26. The average molecular weight is 250 g/mol. The summed E-state index contributed by atoms with van der Waals surface area (Å²) in [4.78, 5) is 19.3. The molecule has 0 atom stereocenters. The Morgan fingerprint density at radius 2 is 1.00 bits per heavy atom. The Labute approximate surface area is 97.6 Å². The molecule has 0 unspecified atom stereocenters. The highest BCUT2D eigenvalue weighted by molar-refractivity contribution is 5.68. The fourth-order valence-corrected chi connectivity index (χ4v) is 0.377. The van der Waals surface area contributed by atoms with E-state index in [4.69, 9.17) is 0 Å². The van der Waals surface area contributed by atoms with Crippen molar-refractivity contribution in [1.82, 2.24) is 0 Å². The molecule has 0 bridgehead atoms. The number of guanidine groups is 2. The molecule has 12 N–H and O–H groups in total. The summed E-state index contributed by atoms with van der Waals surface area (Å²) in [6.45, 7) is 0. The van der Waals surface area contributed by atoms with Gasteiger partial charge in [0.2, 0.25) is 0 Å². The van der Waals surface area contributed by atoms with Crippen molar-refractivity contribution in [2.45, 2.75) is 19.3 Å². The molecule has 0 amide bonds. The largest absolute Gasteiger partial charge is 0.550 e. The standard InChI is InChI=1S/C5H8O4.2CH5N3/c6-4(7)2-1-3-5(8)9;2*2-1(3)4/h1-3H2,(H,6,7)(H,8,9);2*(H5,2,3,4). The quantitative estimate of drug-likeness (QED) is 0.206. The molecule has 0 aromatic heterocycles. The molecule has 0 aliphatic carbocycles. The molecule has 0 heterocycles. The zero-order valence-electron chi connectivity index (χ0n) is 9.22. The van der Waals surface area contributed by atoms with Crippen LogP contribution >= 0.6 is 0 Å². The Balaban J connectivity index is -0.000000205. The number of nitrogens with two attached hydrogens (primary N) is 6. The van der Waals surface area contributed by atoms with Gasteiger partial charge in [0, 0.05) is 11.9 Å². The predicted octanol–water partition coefficient (Wildman–Crippen LogP) is -8.31. The van der Waals surface area contributed by atoms with Crippen LogP contribution in [-0.2, 0) is 9.59 Å². The summed E-state index contributed by atoms with van der Waals surface area (Å²) in [5, 5.41) is 28.5. The van der Waals surface area contributed by atoms with Crippen LogP contribution in [0.3, 0.4) is 0 Å². The van der Waals surface area contributed by atoms with Crippen molar-refractivity contribution >= 4 is 23.9 Å². The van der Waals surface area contributed by atoms with Gasteiger partial charge in [0.05, 0.1) is 0 Å². The number of carboxylic acid groups (broad SMARTS) is 2. The lowest BCUT2D eigenvalue weighted by atomic mass is 10.2. The van der Waals surface area contributed by atoms with Crippen LogP contribution in [0.4, 0.5) is 0 Å². The molecule has 17 heavy (non-hydrogen) atoms. The van der Waals surface area contributed by atoms with Gasteiger partial charge in [-0.2, -0.15) is 0 Å². The van der Waals surface area contributed by atoms with Crippen LogP contribution in [0.25, 0.3) is 0 Å². The zero-order chi connectivity index (χ0) is 14.4. The third-order valence-electron chi connectivity index (χ3n) is 0.762. The van der Waals surface area contributed by atoms with Crippen LogP contribution in [0.2, 0.25) is 0 Å². The maximum Gasteiger partial charge on any atom is 0.336 e. The predicted molar refractivity (Wildman–Crippen MR) is 54.5 cm³/mol. The molecule has 100 valence electrons. The summed E-state index contributed by atoms with van der Waals surface area (Å²) in [6, 6.07) is 0. The summed E-state index contributed by atoms with van der Waals surface area (Å²) >= 11 is 0. The highest BCUT2D eigenvalue weighted by Gasteiger charge is 1.87. The molecule has 10 heteroatoms. The molecule has 0 aromatic carbocycles. The summed E-state index contributed by atoms with van der Waals surface area (Å²) in [6.07, 6.45) is -0.341. The van der Waals surface area contributed by atoms with Gasteiger partial charge in [-0.05, 0) is 19.3 Å². The summed E-state index contributed by atoms with van der Waals surface area (Å²) < 4.78 is 0. The SMILES string of the molecule is NC(N)=[NH2+].NC(N)=[NH2+].O=C([O-])CCCC(=O)[O-]. The van der Waals surface area contributed by atoms with E-state index in [1.54, 1.807) is 0 Å². The molecule has 0 rings (SSSR count). The maximum atomic E-state index is 9.66.